The molecule has 0 aliphatic carbocycles. The minimum atomic E-state index is 0.271. The van der Waals surface area contributed by atoms with Gasteiger partial charge in [-0.1, -0.05) is 41.5 Å². The predicted molar refractivity (Wildman–Crippen MR) is 78.5 cm³/mol. The molecule has 0 aromatic heterocycles. The van der Waals surface area contributed by atoms with Crippen molar-refractivity contribution in [3.8, 4) is 0 Å². The lowest BCUT2D eigenvalue weighted by molar-refractivity contribution is 0.0521. The first kappa shape index (κ1) is 16.9. The number of likely N-dealkylation sites (N-methyl/N-ethyl adjacent to an activating group) is 1. The van der Waals surface area contributed by atoms with E-state index in [9.17, 15) is 0 Å². The fourth-order valence-electron chi connectivity index (χ4n) is 3.06. The van der Waals surface area contributed by atoms with E-state index in [1.165, 1.54) is 12.8 Å². The van der Waals surface area contributed by atoms with Gasteiger partial charge in [-0.2, -0.15) is 0 Å². The summed E-state index contributed by atoms with van der Waals surface area (Å²) in [4.78, 5) is 2.61. The van der Waals surface area contributed by atoms with Crippen LogP contribution in [0.15, 0.2) is 0 Å². The van der Waals surface area contributed by atoms with Gasteiger partial charge in [-0.25, -0.2) is 0 Å². The molecule has 0 aromatic carbocycles. The standard InChI is InChI=1S/C15H34N2/c1-8-12-16-14(13(5)6)15(7,9-2)17(10-3)11-4/h13-14,16H,8-12H2,1-7H3. The van der Waals surface area contributed by atoms with Crippen molar-refractivity contribution >= 4 is 0 Å². The van der Waals surface area contributed by atoms with Crippen LogP contribution in [-0.4, -0.2) is 36.1 Å². The third-order valence-electron chi connectivity index (χ3n) is 4.15. The second-order valence-corrected chi connectivity index (χ2v) is 5.56. The molecule has 2 heteroatoms. The molecule has 104 valence electrons. The lowest BCUT2D eigenvalue weighted by atomic mass is 9.80. The fraction of sp³-hybridized carbons (Fsp3) is 1.00. The molecule has 2 unspecified atom stereocenters. The van der Waals surface area contributed by atoms with Crippen LogP contribution in [0, 0.1) is 5.92 Å². The molecular weight excluding hydrogens is 208 g/mol. The monoisotopic (exact) mass is 242 g/mol. The van der Waals surface area contributed by atoms with Crippen LogP contribution in [0.25, 0.3) is 0 Å². The molecule has 1 N–H and O–H groups in total. The molecule has 0 bridgehead atoms. The Labute approximate surface area is 109 Å². The SMILES string of the molecule is CCCNC(C(C)C)C(C)(CC)N(CC)CC. The summed E-state index contributed by atoms with van der Waals surface area (Å²) in [6, 6.07) is 0.576. The van der Waals surface area contributed by atoms with Crippen LogP contribution >= 0.6 is 0 Å². The van der Waals surface area contributed by atoms with E-state index in [4.69, 9.17) is 0 Å². The van der Waals surface area contributed by atoms with Crippen LogP contribution in [0.3, 0.4) is 0 Å². The van der Waals surface area contributed by atoms with E-state index in [2.05, 4.69) is 58.7 Å². The number of hydrogen-bond acceptors (Lipinski definition) is 2. The van der Waals surface area contributed by atoms with Gasteiger partial charge in [0.15, 0.2) is 0 Å². The van der Waals surface area contributed by atoms with Gasteiger partial charge in [0.1, 0.15) is 0 Å². The van der Waals surface area contributed by atoms with Crippen LogP contribution in [0.4, 0.5) is 0 Å². The summed E-state index contributed by atoms with van der Waals surface area (Å²) in [5, 5.41) is 3.77. The van der Waals surface area contributed by atoms with Gasteiger partial charge in [0.25, 0.3) is 0 Å². The van der Waals surface area contributed by atoms with Crippen molar-refractivity contribution in [3.63, 3.8) is 0 Å². The quantitative estimate of drug-likeness (QED) is 0.665. The smallest absolute Gasteiger partial charge is 0.0334 e. The van der Waals surface area contributed by atoms with Crippen molar-refractivity contribution in [1.29, 1.82) is 0 Å². The van der Waals surface area contributed by atoms with Crippen molar-refractivity contribution in [2.75, 3.05) is 19.6 Å². The van der Waals surface area contributed by atoms with Crippen LogP contribution in [0.1, 0.15) is 61.3 Å². The molecule has 2 nitrogen and oxygen atoms in total. The maximum absolute atomic E-state index is 3.77. The van der Waals surface area contributed by atoms with Gasteiger partial charge in [0, 0.05) is 11.6 Å². The average molecular weight is 242 g/mol. The molecule has 0 heterocycles. The highest BCUT2D eigenvalue weighted by atomic mass is 15.2. The van der Waals surface area contributed by atoms with Crippen molar-refractivity contribution < 1.29 is 0 Å². The zero-order valence-corrected chi connectivity index (χ0v) is 13.1. The molecule has 0 saturated heterocycles. The largest absolute Gasteiger partial charge is 0.312 e. The number of nitrogens with one attached hydrogen (secondary N) is 1. The van der Waals surface area contributed by atoms with Crippen molar-refractivity contribution in [3.05, 3.63) is 0 Å². The highest BCUT2D eigenvalue weighted by Gasteiger charge is 2.37. The summed E-state index contributed by atoms with van der Waals surface area (Å²) in [7, 11) is 0. The van der Waals surface area contributed by atoms with E-state index in [0.717, 1.165) is 19.6 Å². The molecule has 0 aromatic rings. The minimum absolute atomic E-state index is 0.271. The normalized spacial score (nSPS) is 17.5. The molecular formula is C15H34N2. The molecule has 0 spiro atoms. The molecule has 0 fully saturated rings. The third kappa shape index (κ3) is 4.26. The van der Waals surface area contributed by atoms with E-state index in [0.29, 0.717) is 12.0 Å². The van der Waals surface area contributed by atoms with E-state index < -0.39 is 0 Å². The van der Waals surface area contributed by atoms with Crippen LogP contribution in [-0.2, 0) is 0 Å². The van der Waals surface area contributed by atoms with Crippen molar-refractivity contribution in [1.82, 2.24) is 10.2 Å². The molecule has 0 aliphatic heterocycles. The Morgan fingerprint density at radius 2 is 1.59 bits per heavy atom. The number of rotatable bonds is 9. The summed E-state index contributed by atoms with van der Waals surface area (Å²) in [6.45, 7) is 19.6. The molecule has 0 aliphatic rings. The van der Waals surface area contributed by atoms with Gasteiger partial charge in [-0.15, -0.1) is 0 Å². The van der Waals surface area contributed by atoms with E-state index >= 15 is 0 Å². The lowest BCUT2D eigenvalue weighted by Gasteiger charge is -2.48. The second kappa shape index (κ2) is 8.10. The summed E-state index contributed by atoms with van der Waals surface area (Å²) in [5.41, 5.74) is 0.271. The second-order valence-electron chi connectivity index (χ2n) is 5.56. The topological polar surface area (TPSA) is 15.3 Å². The highest BCUT2D eigenvalue weighted by Crippen LogP contribution is 2.28. The van der Waals surface area contributed by atoms with E-state index in [1.807, 2.05) is 0 Å². The molecule has 0 rings (SSSR count). The van der Waals surface area contributed by atoms with Gasteiger partial charge in [0.05, 0.1) is 0 Å². The predicted octanol–water partition coefficient (Wildman–Crippen LogP) is 3.52. The maximum atomic E-state index is 3.77. The maximum Gasteiger partial charge on any atom is 0.0334 e. The molecule has 0 radical (unpaired) electrons. The summed E-state index contributed by atoms with van der Waals surface area (Å²) >= 11 is 0. The first-order chi connectivity index (χ1) is 7.97. The summed E-state index contributed by atoms with van der Waals surface area (Å²) in [5.74, 6) is 0.673. The summed E-state index contributed by atoms with van der Waals surface area (Å²) in [6.07, 6.45) is 2.41. The number of hydrogen-bond donors (Lipinski definition) is 1. The van der Waals surface area contributed by atoms with Gasteiger partial charge < -0.3 is 5.32 Å². The van der Waals surface area contributed by atoms with Crippen molar-refractivity contribution in [2.24, 2.45) is 5.92 Å². The zero-order valence-electron chi connectivity index (χ0n) is 13.1. The fourth-order valence-corrected chi connectivity index (χ4v) is 3.06. The van der Waals surface area contributed by atoms with Crippen molar-refractivity contribution in [2.45, 2.75) is 72.9 Å². The molecule has 0 saturated carbocycles. The first-order valence-corrected chi connectivity index (χ1v) is 7.46. The number of nitrogens with zero attached hydrogens (tertiary/aromatic N) is 1. The molecule has 17 heavy (non-hydrogen) atoms. The Hall–Kier alpha value is -0.0800. The average Bonchev–Trinajstić information content (AvgIpc) is 2.30. The van der Waals surface area contributed by atoms with Crippen LogP contribution in [0.2, 0.25) is 0 Å². The minimum Gasteiger partial charge on any atom is -0.312 e. The molecule has 0 amide bonds. The van der Waals surface area contributed by atoms with E-state index in [1.54, 1.807) is 0 Å². The Balaban J connectivity index is 4.96. The Morgan fingerprint density at radius 1 is 1.06 bits per heavy atom. The van der Waals surface area contributed by atoms with Crippen LogP contribution < -0.4 is 5.32 Å². The van der Waals surface area contributed by atoms with E-state index in [-0.39, 0.29) is 5.54 Å². The zero-order chi connectivity index (χ0) is 13.5. The Bertz CT molecular complexity index is 187. The first-order valence-electron chi connectivity index (χ1n) is 7.46. The van der Waals surface area contributed by atoms with Gasteiger partial charge in [-0.05, 0) is 45.3 Å². The van der Waals surface area contributed by atoms with Gasteiger partial charge in [0.2, 0.25) is 0 Å². The van der Waals surface area contributed by atoms with Gasteiger partial charge >= 0.3 is 0 Å². The lowest BCUT2D eigenvalue weighted by Crippen LogP contribution is -2.61. The Kier molecular flexibility index (Phi) is 8.06. The Morgan fingerprint density at radius 3 is 1.88 bits per heavy atom. The third-order valence-corrected chi connectivity index (χ3v) is 4.15. The summed E-state index contributed by atoms with van der Waals surface area (Å²) < 4.78 is 0. The highest BCUT2D eigenvalue weighted by molar-refractivity contribution is 4.97. The molecule has 2 atom stereocenters. The van der Waals surface area contributed by atoms with Crippen LogP contribution in [0.5, 0.6) is 0 Å². The van der Waals surface area contributed by atoms with Gasteiger partial charge in [-0.3, -0.25) is 4.90 Å².